The Morgan fingerprint density at radius 1 is 0.917 bits per heavy atom. The number of ether oxygens (including phenoxy) is 1. The molecular formula is C22H28O2. The molecule has 2 rings (SSSR count). The van der Waals surface area contributed by atoms with E-state index in [9.17, 15) is 0 Å². The van der Waals surface area contributed by atoms with Crippen LogP contribution in [0.2, 0.25) is 0 Å². The van der Waals surface area contributed by atoms with Crippen LogP contribution in [0.4, 0.5) is 0 Å². The number of hydrogen-bond donors (Lipinski definition) is 1. The van der Waals surface area contributed by atoms with E-state index in [4.69, 9.17) is 9.84 Å². The fourth-order valence-corrected chi connectivity index (χ4v) is 2.41. The first kappa shape index (κ1) is 18.4. The Labute approximate surface area is 145 Å². The summed E-state index contributed by atoms with van der Waals surface area (Å²) in [4.78, 5) is 0. The third kappa shape index (κ3) is 6.26. The van der Waals surface area contributed by atoms with Gasteiger partial charge in [0.15, 0.2) is 0 Å². The summed E-state index contributed by atoms with van der Waals surface area (Å²) in [6, 6.07) is 12.5. The molecule has 0 saturated heterocycles. The third-order valence-corrected chi connectivity index (χ3v) is 3.71. The molecule has 2 heteroatoms. The number of fused-ring (bicyclic) bond motifs is 1. The van der Waals surface area contributed by atoms with Crippen LogP contribution in [-0.4, -0.2) is 18.3 Å². The molecule has 0 bridgehead atoms. The molecule has 2 aromatic rings. The Hall–Kier alpha value is -1.98. The van der Waals surface area contributed by atoms with Crippen LogP contribution in [0.3, 0.4) is 0 Å². The van der Waals surface area contributed by atoms with Gasteiger partial charge in [0.25, 0.3) is 0 Å². The number of hydrogen-bond acceptors (Lipinski definition) is 2. The Bertz CT molecular complexity index is 714. The molecule has 0 heterocycles. The molecule has 0 aliphatic rings. The van der Waals surface area contributed by atoms with Gasteiger partial charge in [-0.15, -0.1) is 0 Å². The van der Waals surface area contributed by atoms with Gasteiger partial charge in [0, 0.05) is 17.6 Å². The molecule has 2 nitrogen and oxygen atoms in total. The molecule has 2 aromatic carbocycles. The molecular weight excluding hydrogens is 296 g/mol. The molecule has 128 valence electrons. The fourth-order valence-electron chi connectivity index (χ4n) is 2.41. The van der Waals surface area contributed by atoms with E-state index in [0.717, 1.165) is 43.6 Å². The quantitative estimate of drug-likeness (QED) is 0.562. The van der Waals surface area contributed by atoms with Gasteiger partial charge in [-0.1, -0.05) is 30.4 Å². The second kappa shape index (κ2) is 8.76. The molecule has 0 radical (unpaired) electrons. The van der Waals surface area contributed by atoms with Gasteiger partial charge in [0.05, 0.1) is 6.61 Å². The predicted molar refractivity (Wildman–Crippen MR) is 101 cm³/mol. The van der Waals surface area contributed by atoms with Gasteiger partial charge >= 0.3 is 0 Å². The molecule has 1 N–H and O–H groups in total. The van der Waals surface area contributed by atoms with Crippen molar-refractivity contribution in [3.05, 3.63) is 42.0 Å². The van der Waals surface area contributed by atoms with Gasteiger partial charge in [0.1, 0.15) is 5.75 Å². The lowest BCUT2D eigenvalue weighted by Gasteiger charge is -2.08. The summed E-state index contributed by atoms with van der Waals surface area (Å²) in [6.07, 6.45) is 4.08. The molecule has 0 unspecified atom stereocenters. The monoisotopic (exact) mass is 324 g/mol. The van der Waals surface area contributed by atoms with E-state index in [-0.39, 0.29) is 12.0 Å². The average Bonchev–Trinajstić information content (AvgIpc) is 2.55. The first-order valence-corrected chi connectivity index (χ1v) is 8.79. The zero-order chi connectivity index (χ0) is 17.4. The Morgan fingerprint density at radius 2 is 1.62 bits per heavy atom. The maximum atomic E-state index is 8.75. The van der Waals surface area contributed by atoms with Crippen molar-refractivity contribution in [2.24, 2.45) is 5.41 Å². The summed E-state index contributed by atoms with van der Waals surface area (Å²) < 4.78 is 5.83. The second-order valence-corrected chi connectivity index (χ2v) is 7.21. The summed E-state index contributed by atoms with van der Waals surface area (Å²) in [7, 11) is 0. The minimum atomic E-state index is 0.0177. The van der Waals surface area contributed by atoms with Crippen LogP contribution < -0.4 is 4.74 Å². The molecule has 24 heavy (non-hydrogen) atoms. The highest BCUT2D eigenvalue weighted by molar-refractivity contribution is 5.85. The van der Waals surface area contributed by atoms with Crippen LogP contribution in [0.15, 0.2) is 36.4 Å². The topological polar surface area (TPSA) is 29.5 Å². The maximum Gasteiger partial charge on any atom is 0.119 e. The van der Waals surface area contributed by atoms with Crippen LogP contribution in [-0.2, 0) is 0 Å². The van der Waals surface area contributed by atoms with Crippen molar-refractivity contribution in [3.8, 4) is 17.6 Å². The van der Waals surface area contributed by atoms with Crippen molar-refractivity contribution in [2.75, 3.05) is 13.2 Å². The molecule has 0 saturated carbocycles. The van der Waals surface area contributed by atoms with Crippen molar-refractivity contribution in [3.63, 3.8) is 0 Å². The molecule has 0 aliphatic carbocycles. The zero-order valence-corrected chi connectivity index (χ0v) is 15.1. The van der Waals surface area contributed by atoms with Gasteiger partial charge in [-0.2, -0.15) is 0 Å². The summed E-state index contributed by atoms with van der Waals surface area (Å²) in [6.45, 7) is 7.37. The number of unbranched alkanes of at least 4 members (excludes halogenated alkanes) is 3. The first-order chi connectivity index (χ1) is 11.5. The zero-order valence-electron chi connectivity index (χ0n) is 15.1. The molecule has 0 fully saturated rings. The summed E-state index contributed by atoms with van der Waals surface area (Å²) in [5, 5.41) is 11.1. The average molecular weight is 324 g/mol. The van der Waals surface area contributed by atoms with Crippen LogP contribution in [0.5, 0.6) is 5.75 Å². The highest BCUT2D eigenvalue weighted by Crippen LogP contribution is 2.22. The lowest BCUT2D eigenvalue weighted by atomic mass is 9.97. The number of aliphatic hydroxyl groups excluding tert-OH is 1. The predicted octanol–water partition coefficient (Wildman–Crippen LogP) is 5.17. The van der Waals surface area contributed by atoms with Crippen molar-refractivity contribution < 1.29 is 9.84 Å². The van der Waals surface area contributed by atoms with Crippen molar-refractivity contribution >= 4 is 10.8 Å². The Kier molecular flexibility index (Phi) is 6.70. The highest BCUT2D eigenvalue weighted by atomic mass is 16.5. The molecule has 0 atom stereocenters. The van der Waals surface area contributed by atoms with E-state index < -0.39 is 0 Å². The fraction of sp³-hybridized carbons (Fsp3) is 0.455. The lowest BCUT2D eigenvalue weighted by Crippen LogP contribution is -1.99. The van der Waals surface area contributed by atoms with Gasteiger partial charge in [-0.3, -0.25) is 0 Å². The molecule has 0 spiro atoms. The van der Waals surface area contributed by atoms with Gasteiger partial charge in [-0.25, -0.2) is 0 Å². The van der Waals surface area contributed by atoms with E-state index in [1.165, 1.54) is 10.8 Å². The Balaban J connectivity index is 1.97. The second-order valence-electron chi connectivity index (χ2n) is 7.21. The van der Waals surface area contributed by atoms with Crippen LogP contribution in [0.1, 0.15) is 52.0 Å². The summed E-state index contributed by atoms with van der Waals surface area (Å²) in [5.74, 6) is 7.44. The van der Waals surface area contributed by atoms with E-state index >= 15 is 0 Å². The minimum absolute atomic E-state index is 0.0177. The van der Waals surface area contributed by atoms with Gasteiger partial charge in [0.2, 0.25) is 0 Å². The van der Waals surface area contributed by atoms with E-state index in [2.05, 4.69) is 62.9 Å². The molecule has 0 aromatic heterocycles. The van der Waals surface area contributed by atoms with Gasteiger partial charge < -0.3 is 9.84 Å². The number of benzene rings is 2. The summed E-state index contributed by atoms with van der Waals surface area (Å²) >= 11 is 0. The summed E-state index contributed by atoms with van der Waals surface area (Å²) in [5.41, 5.74) is 1.07. The van der Waals surface area contributed by atoms with Crippen molar-refractivity contribution in [1.82, 2.24) is 0 Å². The van der Waals surface area contributed by atoms with Crippen LogP contribution in [0, 0.1) is 17.3 Å². The SMILES string of the molecule is CC(C)(C)C#Cc1ccc2cc(OCCCCCCO)ccc2c1. The maximum absolute atomic E-state index is 8.75. The van der Waals surface area contributed by atoms with Crippen LogP contribution in [0.25, 0.3) is 10.8 Å². The van der Waals surface area contributed by atoms with Crippen molar-refractivity contribution in [1.29, 1.82) is 0 Å². The Morgan fingerprint density at radius 3 is 2.38 bits per heavy atom. The lowest BCUT2D eigenvalue weighted by molar-refractivity contribution is 0.273. The standard InChI is InChI=1S/C22H28O2/c1-22(2,3)13-12-18-8-9-20-17-21(11-10-19(20)16-18)24-15-7-5-4-6-14-23/h8-11,16-17,23H,4-7,14-15H2,1-3H3. The van der Waals surface area contributed by atoms with E-state index in [1.54, 1.807) is 0 Å². The highest BCUT2D eigenvalue weighted by Gasteiger charge is 2.04. The minimum Gasteiger partial charge on any atom is -0.494 e. The molecule has 0 amide bonds. The normalized spacial score (nSPS) is 11.2. The van der Waals surface area contributed by atoms with E-state index in [0.29, 0.717) is 0 Å². The van der Waals surface area contributed by atoms with Crippen molar-refractivity contribution in [2.45, 2.75) is 46.5 Å². The number of rotatable bonds is 7. The van der Waals surface area contributed by atoms with Crippen LogP contribution >= 0.6 is 0 Å². The van der Waals surface area contributed by atoms with Gasteiger partial charge in [-0.05, 0) is 75.1 Å². The largest absolute Gasteiger partial charge is 0.494 e. The van der Waals surface area contributed by atoms with E-state index in [1.807, 2.05) is 6.07 Å². The smallest absolute Gasteiger partial charge is 0.119 e. The number of aliphatic hydroxyl groups is 1. The first-order valence-electron chi connectivity index (χ1n) is 8.79. The molecule has 0 aliphatic heterocycles. The third-order valence-electron chi connectivity index (χ3n) is 3.71.